The van der Waals surface area contributed by atoms with Gasteiger partial charge in [0.15, 0.2) is 0 Å². The summed E-state index contributed by atoms with van der Waals surface area (Å²) in [7, 11) is 0. The summed E-state index contributed by atoms with van der Waals surface area (Å²) >= 11 is 0. The number of benzene rings is 2. The van der Waals surface area contributed by atoms with Crippen molar-refractivity contribution in [2.45, 2.75) is 33.2 Å². The number of hydrogen-bond acceptors (Lipinski definition) is 3. The molecule has 0 unspecified atom stereocenters. The van der Waals surface area contributed by atoms with Gasteiger partial charge in [0.25, 0.3) is 0 Å². The van der Waals surface area contributed by atoms with E-state index in [4.69, 9.17) is 4.74 Å². The topological polar surface area (TPSA) is 61.9 Å². The van der Waals surface area contributed by atoms with Gasteiger partial charge < -0.3 is 15.0 Å². The number of urea groups is 1. The van der Waals surface area contributed by atoms with Crippen LogP contribution in [0.3, 0.4) is 0 Å². The van der Waals surface area contributed by atoms with Crippen LogP contribution in [0.25, 0.3) is 0 Å². The minimum absolute atomic E-state index is 0.00339. The van der Waals surface area contributed by atoms with Crippen LogP contribution in [0.2, 0.25) is 0 Å². The van der Waals surface area contributed by atoms with E-state index in [0.717, 1.165) is 22.6 Å². The highest BCUT2D eigenvalue weighted by atomic mass is 16.5. The van der Waals surface area contributed by atoms with Gasteiger partial charge >= 0.3 is 6.03 Å². The molecule has 0 spiro atoms. The van der Waals surface area contributed by atoms with Crippen molar-refractivity contribution in [1.29, 1.82) is 0 Å². The quantitative estimate of drug-likeness (QED) is 0.845. The molecule has 0 aliphatic carbocycles. The Hall–Kier alpha value is -3.02. The maximum absolute atomic E-state index is 13.1. The lowest BCUT2D eigenvalue weighted by Crippen LogP contribution is -2.50. The number of fused-ring (bicyclic) bond motifs is 1. The molecule has 1 saturated heterocycles. The fourth-order valence-electron chi connectivity index (χ4n) is 4.07. The van der Waals surface area contributed by atoms with Crippen LogP contribution >= 0.6 is 0 Å². The average Bonchev–Trinajstić information content (AvgIpc) is 2.77. The van der Waals surface area contributed by atoms with Crippen LogP contribution in [0, 0.1) is 19.8 Å². The highest BCUT2D eigenvalue weighted by Crippen LogP contribution is 2.33. The minimum atomic E-state index is -0.0429. The van der Waals surface area contributed by atoms with E-state index in [2.05, 4.69) is 17.4 Å². The molecule has 1 N–H and O–H groups in total. The van der Waals surface area contributed by atoms with Gasteiger partial charge in [-0.3, -0.25) is 9.69 Å². The van der Waals surface area contributed by atoms with Gasteiger partial charge in [0.1, 0.15) is 12.4 Å². The summed E-state index contributed by atoms with van der Waals surface area (Å²) in [4.78, 5) is 29.4. The molecular formula is C24H29N3O3. The van der Waals surface area contributed by atoms with Crippen molar-refractivity contribution in [3.05, 3.63) is 59.2 Å². The molecule has 2 heterocycles. The maximum atomic E-state index is 13.1. The SMILES string of the molecule is Cc1ccc(CNC(=O)C2CCN(C(=O)N3CCOc4ccc(C)cc43)CC2)cc1. The van der Waals surface area contributed by atoms with Crippen molar-refractivity contribution in [2.24, 2.45) is 5.92 Å². The number of amides is 3. The molecule has 1 fully saturated rings. The van der Waals surface area contributed by atoms with Gasteiger partial charge in [-0.15, -0.1) is 0 Å². The predicted molar refractivity (Wildman–Crippen MR) is 117 cm³/mol. The lowest BCUT2D eigenvalue weighted by Gasteiger charge is -2.37. The van der Waals surface area contributed by atoms with E-state index in [1.807, 2.05) is 54.0 Å². The van der Waals surface area contributed by atoms with Gasteiger partial charge in [-0.25, -0.2) is 4.79 Å². The molecule has 0 aromatic heterocycles. The second kappa shape index (κ2) is 8.78. The first-order chi connectivity index (χ1) is 14.5. The summed E-state index contributed by atoms with van der Waals surface area (Å²) in [5, 5.41) is 3.05. The van der Waals surface area contributed by atoms with Crippen LogP contribution in [0.5, 0.6) is 5.75 Å². The minimum Gasteiger partial charge on any atom is -0.490 e. The molecule has 0 radical (unpaired) electrons. The smallest absolute Gasteiger partial charge is 0.324 e. The third-order valence-corrected chi connectivity index (χ3v) is 5.93. The third-order valence-electron chi connectivity index (χ3n) is 5.93. The Labute approximate surface area is 177 Å². The molecule has 0 bridgehead atoms. The number of carbonyl (C=O) groups is 2. The van der Waals surface area contributed by atoms with Gasteiger partial charge in [0, 0.05) is 25.6 Å². The van der Waals surface area contributed by atoms with Gasteiger partial charge in [-0.05, 0) is 49.9 Å². The Morgan fingerprint density at radius 1 is 1.00 bits per heavy atom. The number of anilines is 1. The van der Waals surface area contributed by atoms with E-state index in [9.17, 15) is 9.59 Å². The first-order valence-corrected chi connectivity index (χ1v) is 10.6. The first-order valence-electron chi connectivity index (χ1n) is 10.6. The number of aryl methyl sites for hydroxylation is 2. The van der Waals surface area contributed by atoms with E-state index in [0.29, 0.717) is 45.6 Å². The van der Waals surface area contributed by atoms with Crippen molar-refractivity contribution in [2.75, 3.05) is 31.1 Å². The molecule has 4 rings (SSSR count). The third kappa shape index (κ3) is 4.42. The summed E-state index contributed by atoms with van der Waals surface area (Å²) in [5.74, 6) is 0.791. The predicted octanol–water partition coefficient (Wildman–Crippen LogP) is 3.65. The molecule has 2 aromatic rings. The Balaban J connectivity index is 1.31. The van der Waals surface area contributed by atoms with Crippen LogP contribution in [0.15, 0.2) is 42.5 Å². The molecule has 2 aliphatic heterocycles. The fourth-order valence-corrected chi connectivity index (χ4v) is 4.07. The molecule has 6 nitrogen and oxygen atoms in total. The normalized spacial score (nSPS) is 16.6. The molecule has 2 aromatic carbocycles. The molecule has 158 valence electrons. The summed E-state index contributed by atoms with van der Waals surface area (Å²) < 4.78 is 5.70. The summed E-state index contributed by atoms with van der Waals surface area (Å²) in [6, 6.07) is 14.1. The monoisotopic (exact) mass is 407 g/mol. The Morgan fingerprint density at radius 3 is 2.43 bits per heavy atom. The molecule has 0 saturated carbocycles. The second-order valence-corrected chi connectivity index (χ2v) is 8.22. The highest BCUT2D eigenvalue weighted by Gasteiger charge is 2.32. The van der Waals surface area contributed by atoms with Gasteiger partial charge in [-0.2, -0.15) is 0 Å². The summed E-state index contributed by atoms with van der Waals surface area (Å²) in [6.45, 7) is 6.85. The molecular weight excluding hydrogens is 378 g/mol. The first kappa shape index (κ1) is 20.3. The van der Waals surface area contributed by atoms with Crippen molar-refractivity contribution >= 4 is 17.6 Å². The van der Waals surface area contributed by atoms with E-state index in [1.54, 1.807) is 0 Å². The maximum Gasteiger partial charge on any atom is 0.324 e. The van der Waals surface area contributed by atoms with E-state index >= 15 is 0 Å². The van der Waals surface area contributed by atoms with Gasteiger partial charge in [-0.1, -0.05) is 35.9 Å². The number of piperidine rings is 1. The largest absolute Gasteiger partial charge is 0.490 e. The highest BCUT2D eigenvalue weighted by molar-refractivity contribution is 5.94. The Bertz CT molecular complexity index is 918. The number of likely N-dealkylation sites (tertiary alicyclic amines) is 1. The molecule has 6 heteroatoms. The van der Waals surface area contributed by atoms with Crippen molar-refractivity contribution in [3.8, 4) is 5.75 Å². The Kier molecular flexibility index (Phi) is 5.93. The summed E-state index contributed by atoms with van der Waals surface area (Å²) in [6.07, 6.45) is 1.38. The lowest BCUT2D eigenvalue weighted by atomic mass is 9.96. The Morgan fingerprint density at radius 2 is 1.70 bits per heavy atom. The number of carbonyl (C=O) groups excluding carboxylic acids is 2. The average molecular weight is 408 g/mol. The zero-order valence-electron chi connectivity index (χ0n) is 17.7. The lowest BCUT2D eigenvalue weighted by molar-refractivity contribution is -0.126. The van der Waals surface area contributed by atoms with Crippen LogP contribution in [0.4, 0.5) is 10.5 Å². The molecule has 30 heavy (non-hydrogen) atoms. The zero-order valence-corrected chi connectivity index (χ0v) is 17.7. The fraction of sp³-hybridized carbons (Fsp3) is 0.417. The number of nitrogens with one attached hydrogen (secondary N) is 1. The molecule has 0 atom stereocenters. The van der Waals surface area contributed by atoms with Crippen molar-refractivity contribution in [3.63, 3.8) is 0 Å². The van der Waals surface area contributed by atoms with Crippen LogP contribution in [0.1, 0.15) is 29.5 Å². The van der Waals surface area contributed by atoms with Crippen LogP contribution < -0.4 is 15.0 Å². The van der Waals surface area contributed by atoms with Crippen LogP contribution in [-0.2, 0) is 11.3 Å². The number of hydrogen-bond donors (Lipinski definition) is 1. The molecule has 3 amide bonds. The van der Waals surface area contributed by atoms with Gasteiger partial charge in [0.2, 0.25) is 5.91 Å². The molecule has 2 aliphatic rings. The van der Waals surface area contributed by atoms with Crippen LogP contribution in [-0.4, -0.2) is 43.1 Å². The van der Waals surface area contributed by atoms with E-state index in [1.165, 1.54) is 5.56 Å². The second-order valence-electron chi connectivity index (χ2n) is 8.22. The van der Waals surface area contributed by atoms with E-state index in [-0.39, 0.29) is 17.9 Å². The van der Waals surface area contributed by atoms with Crippen molar-refractivity contribution < 1.29 is 14.3 Å². The number of rotatable bonds is 3. The number of ether oxygens (including phenoxy) is 1. The summed E-state index contributed by atoms with van der Waals surface area (Å²) in [5.41, 5.74) is 4.24. The number of nitrogens with zero attached hydrogens (tertiary/aromatic N) is 2. The van der Waals surface area contributed by atoms with Gasteiger partial charge in [0.05, 0.1) is 12.2 Å². The van der Waals surface area contributed by atoms with Crippen molar-refractivity contribution in [1.82, 2.24) is 10.2 Å². The zero-order chi connectivity index (χ0) is 21.1. The standard InChI is InChI=1S/C24H29N3O3/c1-17-3-6-19(7-4-17)16-25-23(28)20-9-11-26(12-10-20)24(29)27-13-14-30-22-8-5-18(2)15-21(22)27/h3-8,15,20H,9-14,16H2,1-2H3,(H,25,28). The van der Waals surface area contributed by atoms with E-state index < -0.39 is 0 Å².